The van der Waals surface area contributed by atoms with Gasteiger partial charge in [0.1, 0.15) is 0 Å². The molecule has 1 saturated carbocycles. The number of aromatic amines is 1. The zero-order chi connectivity index (χ0) is 28.9. The molecule has 41 heavy (non-hydrogen) atoms. The molecule has 1 fully saturated rings. The quantitative estimate of drug-likeness (QED) is 0.251. The van der Waals surface area contributed by atoms with Crippen LogP contribution < -0.4 is 5.69 Å². The number of pyridine rings is 1. The molecule has 216 valence electrons. The largest absolute Gasteiger partial charge is 0.481 e. The summed E-state index contributed by atoms with van der Waals surface area (Å²) in [6.07, 6.45) is 9.88. The van der Waals surface area contributed by atoms with E-state index in [1.165, 1.54) is 0 Å². The van der Waals surface area contributed by atoms with Crippen LogP contribution in [0.3, 0.4) is 0 Å². The van der Waals surface area contributed by atoms with Crippen molar-refractivity contribution in [3.8, 4) is 22.6 Å². The Labute approximate surface area is 239 Å². The summed E-state index contributed by atoms with van der Waals surface area (Å²) in [5, 5.41) is 24.6. The second kappa shape index (κ2) is 12.6. The number of rotatable bonds is 10. The third-order valence-corrected chi connectivity index (χ3v) is 8.48. The van der Waals surface area contributed by atoms with Crippen molar-refractivity contribution in [1.82, 2.24) is 34.7 Å². The van der Waals surface area contributed by atoms with E-state index < -0.39 is 11.9 Å². The number of hydrogen-bond donors (Lipinski definition) is 2. The minimum Gasteiger partial charge on any atom is -0.481 e. The fourth-order valence-corrected chi connectivity index (χ4v) is 6.31. The second-order valence-corrected chi connectivity index (χ2v) is 11.5. The lowest BCUT2D eigenvalue weighted by atomic mass is 9.80. The summed E-state index contributed by atoms with van der Waals surface area (Å²) >= 11 is 0. The zero-order valence-corrected chi connectivity index (χ0v) is 24.0. The molecule has 10 heteroatoms. The van der Waals surface area contributed by atoms with E-state index in [9.17, 15) is 14.7 Å². The summed E-state index contributed by atoms with van der Waals surface area (Å²) in [4.78, 5) is 31.2. The molecule has 3 unspecified atom stereocenters. The van der Waals surface area contributed by atoms with Crippen molar-refractivity contribution in [3.05, 3.63) is 70.5 Å². The van der Waals surface area contributed by atoms with Crippen molar-refractivity contribution in [2.45, 2.75) is 78.3 Å². The molecule has 0 bridgehead atoms. The Morgan fingerprint density at radius 1 is 1.12 bits per heavy atom. The lowest BCUT2D eigenvalue weighted by molar-refractivity contribution is -0.144. The van der Waals surface area contributed by atoms with Gasteiger partial charge in [-0.1, -0.05) is 70.4 Å². The van der Waals surface area contributed by atoms with E-state index in [0.717, 1.165) is 66.6 Å². The number of unbranched alkanes of at least 4 members (excludes halogenated alkanes) is 1. The van der Waals surface area contributed by atoms with Gasteiger partial charge in [-0.05, 0) is 54.4 Å². The molecule has 4 aromatic rings. The highest BCUT2D eigenvalue weighted by atomic mass is 16.4. The summed E-state index contributed by atoms with van der Waals surface area (Å²) in [5.74, 6) is -0.471. The first-order valence-corrected chi connectivity index (χ1v) is 14.7. The molecule has 2 N–H and O–H groups in total. The molecule has 1 aliphatic carbocycles. The first kappa shape index (κ1) is 28.4. The molecule has 0 amide bonds. The Morgan fingerprint density at radius 2 is 1.90 bits per heavy atom. The van der Waals surface area contributed by atoms with Crippen LogP contribution in [0.1, 0.15) is 76.6 Å². The van der Waals surface area contributed by atoms with Crippen LogP contribution in [0.15, 0.2) is 53.6 Å². The summed E-state index contributed by atoms with van der Waals surface area (Å²) in [5.41, 5.74) is 4.20. The van der Waals surface area contributed by atoms with Gasteiger partial charge in [0, 0.05) is 29.2 Å². The van der Waals surface area contributed by atoms with Crippen LogP contribution in [0.25, 0.3) is 22.6 Å². The fourth-order valence-electron chi connectivity index (χ4n) is 6.31. The Hall–Kier alpha value is -4.08. The molecule has 5 rings (SSSR count). The highest BCUT2D eigenvalue weighted by Crippen LogP contribution is 2.41. The van der Waals surface area contributed by atoms with E-state index in [4.69, 9.17) is 4.98 Å². The zero-order valence-electron chi connectivity index (χ0n) is 24.0. The van der Waals surface area contributed by atoms with Gasteiger partial charge >= 0.3 is 11.7 Å². The van der Waals surface area contributed by atoms with Gasteiger partial charge in [-0.2, -0.15) is 5.21 Å². The van der Waals surface area contributed by atoms with Gasteiger partial charge in [0.2, 0.25) is 5.82 Å². The SMILES string of the molecule is CCCCc1cn(C2C(C(=O)O)CCCCC2C(C)C)c(=O)n1Cc1ccc(-c2ccccc2-c2nn[nH]n2)nc1. The van der Waals surface area contributed by atoms with E-state index >= 15 is 0 Å². The summed E-state index contributed by atoms with van der Waals surface area (Å²) in [6, 6.07) is 11.3. The molecule has 0 radical (unpaired) electrons. The second-order valence-electron chi connectivity index (χ2n) is 11.5. The summed E-state index contributed by atoms with van der Waals surface area (Å²) in [6.45, 7) is 6.80. The Morgan fingerprint density at radius 3 is 2.56 bits per heavy atom. The highest BCUT2D eigenvalue weighted by molar-refractivity contribution is 5.78. The first-order chi connectivity index (χ1) is 19.9. The minimum absolute atomic E-state index is 0.131. The first-order valence-electron chi connectivity index (χ1n) is 14.7. The number of aromatic nitrogens is 7. The van der Waals surface area contributed by atoms with Gasteiger partial charge in [0.25, 0.3) is 0 Å². The van der Waals surface area contributed by atoms with Crippen LogP contribution in [0.4, 0.5) is 0 Å². The number of hydrogen-bond acceptors (Lipinski definition) is 6. The molecular formula is C31H39N7O3. The van der Waals surface area contributed by atoms with Crippen molar-refractivity contribution in [3.63, 3.8) is 0 Å². The van der Waals surface area contributed by atoms with Crippen molar-refractivity contribution < 1.29 is 9.90 Å². The van der Waals surface area contributed by atoms with Crippen molar-refractivity contribution in [2.75, 3.05) is 0 Å². The summed E-state index contributed by atoms with van der Waals surface area (Å²) < 4.78 is 3.59. The van der Waals surface area contributed by atoms with Crippen LogP contribution in [-0.2, 0) is 17.8 Å². The molecule has 3 aromatic heterocycles. The van der Waals surface area contributed by atoms with Crippen molar-refractivity contribution >= 4 is 5.97 Å². The predicted molar refractivity (Wildman–Crippen MR) is 156 cm³/mol. The molecule has 1 aliphatic rings. The normalized spacial score (nSPS) is 19.4. The Bertz CT molecular complexity index is 1510. The third kappa shape index (κ3) is 6.01. The lowest BCUT2D eigenvalue weighted by Gasteiger charge is -2.32. The monoisotopic (exact) mass is 557 g/mol. The van der Waals surface area contributed by atoms with Gasteiger partial charge in [-0.15, -0.1) is 10.2 Å². The van der Waals surface area contributed by atoms with E-state index in [0.29, 0.717) is 18.8 Å². The number of benzene rings is 1. The van der Waals surface area contributed by atoms with E-state index in [-0.39, 0.29) is 23.6 Å². The number of carbonyl (C=O) groups is 1. The lowest BCUT2D eigenvalue weighted by Crippen LogP contribution is -2.39. The fraction of sp³-hybridized carbons (Fsp3) is 0.484. The van der Waals surface area contributed by atoms with Gasteiger partial charge in [0.05, 0.1) is 24.2 Å². The number of nitrogens with one attached hydrogen (secondary N) is 1. The topological polar surface area (TPSA) is 132 Å². The molecule has 10 nitrogen and oxygen atoms in total. The smallest absolute Gasteiger partial charge is 0.328 e. The molecule has 3 atom stereocenters. The standard InChI is InChI=1S/C31H39N7O3/c1-4-5-10-22-19-38(28-23(20(2)3)11-6-9-14-26(28)30(39)40)31(41)37(22)18-21-15-16-27(32-17-21)24-12-7-8-13-25(24)29-33-35-36-34-29/h7-8,12-13,15-17,19-20,23,26,28H,4-6,9-11,14,18H2,1-3H3,(H,39,40)(H,33,34,35,36). The number of H-pyrrole nitrogens is 1. The van der Waals surface area contributed by atoms with E-state index in [1.54, 1.807) is 10.8 Å². The van der Waals surface area contributed by atoms with Crippen LogP contribution in [0, 0.1) is 17.8 Å². The maximum atomic E-state index is 14.1. The number of aliphatic carboxylic acids is 1. The Kier molecular flexibility index (Phi) is 8.75. The highest BCUT2D eigenvalue weighted by Gasteiger charge is 2.40. The van der Waals surface area contributed by atoms with Crippen LogP contribution in [-0.4, -0.2) is 45.8 Å². The van der Waals surface area contributed by atoms with Gasteiger partial charge in [-0.3, -0.25) is 18.9 Å². The maximum absolute atomic E-state index is 14.1. The van der Waals surface area contributed by atoms with Crippen LogP contribution >= 0.6 is 0 Å². The van der Waals surface area contributed by atoms with Crippen molar-refractivity contribution in [2.24, 2.45) is 17.8 Å². The molecule has 3 heterocycles. The average Bonchev–Trinajstić information content (AvgIpc) is 3.54. The van der Waals surface area contributed by atoms with Gasteiger partial charge < -0.3 is 5.11 Å². The van der Waals surface area contributed by atoms with E-state index in [1.807, 2.05) is 47.2 Å². The molecule has 0 saturated heterocycles. The predicted octanol–water partition coefficient (Wildman–Crippen LogP) is 5.37. The van der Waals surface area contributed by atoms with Gasteiger partial charge in [-0.25, -0.2) is 4.79 Å². The minimum atomic E-state index is -0.807. The maximum Gasteiger partial charge on any atom is 0.328 e. The van der Waals surface area contributed by atoms with E-state index in [2.05, 4.69) is 41.4 Å². The van der Waals surface area contributed by atoms with Crippen molar-refractivity contribution in [1.29, 1.82) is 0 Å². The average molecular weight is 558 g/mol. The van der Waals surface area contributed by atoms with Crippen LogP contribution in [0.2, 0.25) is 0 Å². The number of carboxylic acids is 1. The molecule has 1 aromatic carbocycles. The number of nitrogens with zero attached hydrogens (tertiary/aromatic N) is 6. The Balaban J connectivity index is 1.50. The van der Waals surface area contributed by atoms with Gasteiger partial charge in [0.15, 0.2) is 0 Å². The number of carboxylic acid groups (broad SMARTS) is 1. The number of aryl methyl sites for hydroxylation is 1. The summed E-state index contributed by atoms with van der Waals surface area (Å²) in [7, 11) is 0. The third-order valence-electron chi connectivity index (χ3n) is 8.48. The molecule has 0 aliphatic heterocycles. The molecule has 0 spiro atoms. The van der Waals surface area contributed by atoms with Crippen LogP contribution in [0.5, 0.6) is 0 Å². The number of tetrazole rings is 1. The number of imidazole rings is 1. The molecular weight excluding hydrogens is 518 g/mol.